The zero-order chi connectivity index (χ0) is 3.58. The molecule has 0 aliphatic heterocycles. The first kappa shape index (κ1) is 30.3. The first-order valence-electron chi connectivity index (χ1n) is 0.775. The van der Waals surface area contributed by atoms with Crippen molar-refractivity contribution < 1.29 is 108 Å². The van der Waals surface area contributed by atoms with Gasteiger partial charge in [0.05, 0.1) is 0 Å². The molecule has 0 atom stereocenters. The normalized spacial score (nSPS) is 3.38. The summed E-state index contributed by atoms with van der Waals surface area (Å²) in [6, 6.07) is 0. The van der Waals surface area contributed by atoms with Gasteiger partial charge >= 0.3 is 96.0 Å². The van der Waals surface area contributed by atoms with E-state index in [-0.39, 0.29) is 105 Å². The molecule has 8 heavy (non-hydrogen) atoms. The van der Waals surface area contributed by atoms with Gasteiger partial charge in [-0.2, -0.15) is 0 Å². The predicted octanol–water partition coefficient (Wildman–Crippen LogP) is -10.3. The van der Waals surface area contributed by atoms with E-state index in [2.05, 4.69) is 0 Å². The van der Waals surface area contributed by atoms with Crippen molar-refractivity contribution >= 4 is 19.7 Å². The second-order valence-electron chi connectivity index (χ2n) is 0.346. The van der Waals surface area contributed by atoms with E-state index in [4.69, 9.17) is 15.1 Å². The van der Waals surface area contributed by atoms with Crippen molar-refractivity contribution in [3.05, 3.63) is 0 Å². The number of hydrogen-bond acceptors (Lipinski definition) is 3. The summed E-state index contributed by atoms with van der Waals surface area (Å²) >= 11 is 0. The molecule has 38 valence electrons. The summed E-state index contributed by atoms with van der Waals surface area (Å²) in [5, 5.41) is 21.5. The molecule has 0 heterocycles. The molecule has 0 spiro atoms. The van der Waals surface area contributed by atoms with Crippen LogP contribution in [0.2, 0.25) is 0 Å². The number of halogens is 1. The Morgan fingerprint density at radius 3 is 0.875 bits per heavy atom. The molecule has 0 unspecified atom stereocenters. The molecular weight excluding hydrogens is 163 g/mol. The predicted molar refractivity (Wildman–Crippen MR) is 23.0 cm³/mol. The Balaban J connectivity index is -0.00000000214. The monoisotopic (exact) mass is 170 g/mol. The third-order valence-electron chi connectivity index (χ3n) is 0. The molecule has 0 aromatic carbocycles. The molecule has 0 bridgehead atoms. The second-order valence-corrected chi connectivity index (χ2v) is 0.346. The van der Waals surface area contributed by atoms with Gasteiger partial charge in [-0.05, 0) is 0 Å². The SMILES string of the molecule is Cl.OB(O)O.[H-].[H-].[H-].[Na+].[Na+].[Na+]. The van der Waals surface area contributed by atoms with E-state index in [1.807, 2.05) is 0 Å². The number of hydrogen-bond donors (Lipinski definition) is 3. The van der Waals surface area contributed by atoms with Crippen molar-refractivity contribution in [2.75, 3.05) is 0 Å². The van der Waals surface area contributed by atoms with E-state index >= 15 is 0 Å². The smallest absolute Gasteiger partial charge is 1.00 e. The topological polar surface area (TPSA) is 60.7 Å². The summed E-state index contributed by atoms with van der Waals surface area (Å²) in [4.78, 5) is 0. The summed E-state index contributed by atoms with van der Waals surface area (Å²) in [5.41, 5.74) is 0. The van der Waals surface area contributed by atoms with Gasteiger partial charge in [-0.1, -0.05) is 0 Å². The van der Waals surface area contributed by atoms with Gasteiger partial charge < -0.3 is 19.4 Å². The second kappa shape index (κ2) is 22.5. The summed E-state index contributed by atoms with van der Waals surface area (Å²) in [7, 11) is -2.17. The fourth-order valence-corrected chi connectivity index (χ4v) is 0. The summed E-state index contributed by atoms with van der Waals surface area (Å²) in [6.07, 6.45) is 0. The van der Waals surface area contributed by atoms with E-state index < -0.39 is 7.32 Å². The van der Waals surface area contributed by atoms with E-state index in [0.29, 0.717) is 0 Å². The maximum atomic E-state index is 7.17. The van der Waals surface area contributed by atoms with Crippen LogP contribution < -0.4 is 88.7 Å². The van der Waals surface area contributed by atoms with Gasteiger partial charge in [0, 0.05) is 0 Å². The fourth-order valence-electron chi connectivity index (χ4n) is 0. The molecule has 0 fully saturated rings. The Kier molecular flexibility index (Phi) is 85.0. The average Bonchev–Trinajstić information content (AvgIpc) is 0.811. The molecule has 0 aliphatic rings. The van der Waals surface area contributed by atoms with Gasteiger partial charge in [0.2, 0.25) is 0 Å². The van der Waals surface area contributed by atoms with Crippen LogP contribution in [0, 0.1) is 0 Å². The average molecular weight is 170 g/mol. The van der Waals surface area contributed by atoms with E-state index in [9.17, 15) is 0 Å². The van der Waals surface area contributed by atoms with Crippen molar-refractivity contribution in [1.29, 1.82) is 0 Å². The van der Waals surface area contributed by atoms with Crippen LogP contribution in [0.1, 0.15) is 4.28 Å². The Morgan fingerprint density at radius 1 is 0.875 bits per heavy atom. The Morgan fingerprint density at radius 2 is 0.875 bits per heavy atom. The fraction of sp³-hybridized carbons (Fsp3) is 0. The third-order valence-corrected chi connectivity index (χ3v) is 0. The Bertz CT molecular complexity index is 28.5. The van der Waals surface area contributed by atoms with Crippen LogP contribution >= 0.6 is 12.4 Å². The molecule has 0 aromatic rings. The van der Waals surface area contributed by atoms with Gasteiger partial charge in [0.25, 0.3) is 0 Å². The zero-order valence-corrected chi connectivity index (χ0v) is 12.1. The van der Waals surface area contributed by atoms with E-state index in [1.165, 1.54) is 0 Å². The molecule has 3 N–H and O–H groups in total. The minimum absolute atomic E-state index is 0. The standard InChI is InChI=1S/BH3O3.ClH.3Na.3H/c2-1(3)4;;;;;;;/h2-4H;1H;;;;;;/q;;3*+1;3*-1. The molecule has 0 radical (unpaired) electrons. The molecule has 3 nitrogen and oxygen atoms in total. The van der Waals surface area contributed by atoms with E-state index in [1.54, 1.807) is 0 Å². The quantitative estimate of drug-likeness (QED) is 0.316. The molecule has 0 saturated heterocycles. The van der Waals surface area contributed by atoms with Crippen LogP contribution in [-0.2, 0) is 0 Å². The maximum absolute atomic E-state index is 7.17. The van der Waals surface area contributed by atoms with Crippen LogP contribution in [0.25, 0.3) is 0 Å². The summed E-state index contributed by atoms with van der Waals surface area (Å²) in [6.45, 7) is 0. The molecule has 0 amide bonds. The minimum atomic E-state index is -2.17. The molecule has 0 rings (SSSR count). The Hall–Kier alpha value is 3.23. The van der Waals surface area contributed by atoms with Crippen molar-refractivity contribution in [3.63, 3.8) is 0 Å². The van der Waals surface area contributed by atoms with Crippen molar-refractivity contribution in [1.82, 2.24) is 0 Å². The van der Waals surface area contributed by atoms with Gasteiger partial charge in [0.1, 0.15) is 0 Å². The molecule has 0 aliphatic carbocycles. The van der Waals surface area contributed by atoms with Gasteiger partial charge in [0.15, 0.2) is 0 Å². The van der Waals surface area contributed by atoms with Crippen LogP contribution in [0.3, 0.4) is 0 Å². The first-order chi connectivity index (χ1) is 1.73. The van der Waals surface area contributed by atoms with Gasteiger partial charge in [-0.15, -0.1) is 12.4 Å². The third kappa shape index (κ3) is 59.8. The molecule has 8 heteroatoms. The van der Waals surface area contributed by atoms with Crippen LogP contribution in [0.5, 0.6) is 0 Å². The summed E-state index contributed by atoms with van der Waals surface area (Å²) in [5.74, 6) is 0. The first-order valence-corrected chi connectivity index (χ1v) is 0.775. The van der Waals surface area contributed by atoms with Crippen LogP contribution in [-0.4, -0.2) is 22.4 Å². The molecule has 0 aromatic heterocycles. The zero-order valence-electron chi connectivity index (χ0n) is 8.33. The van der Waals surface area contributed by atoms with Crippen molar-refractivity contribution in [3.8, 4) is 0 Å². The Labute approximate surface area is 126 Å². The minimum Gasteiger partial charge on any atom is -1.00 e. The number of rotatable bonds is 0. The van der Waals surface area contributed by atoms with Crippen molar-refractivity contribution in [2.45, 2.75) is 0 Å². The van der Waals surface area contributed by atoms with Gasteiger partial charge in [-0.3, -0.25) is 0 Å². The van der Waals surface area contributed by atoms with Crippen LogP contribution in [0.15, 0.2) is 0 Å². The van der Waals surface area contributed by atoms with E-state index in [0.717, 1.165) is 0 Å². The largest absolute Gasteiger partial charge is 1.00 e. The molecular formula is H7BClNa3O3. The van der Waals surface area contributed by atoms with Crippen LogP contribution in [0.4, 0.5) is 0 Å². The summed E-state index contributed by atoms with van der Waals surface area (Å²) < 4.78 is 0. The molecule has 0 saturated carbocycles. The maximum Gasteiger partial charge on any atom is 1.00 e. The van der Waals surface area contributed by atoms with Gasteiger partial charge in [-0.25, -0.2) is 0 Å². The van der Waals surface area contributed by atoms with Crippen molar-refractivity contribution in [2.24, 2.45) is 0 Å².